The average Bonchev–Trinajstić information content (AvgIpc) is 2.39. The number of nitrogens with zero attached hydrogens (tertiary/aromatic N) is 1. The lowest BCUT2D eigenvalue weighted by molar-refractivity contribution is -0.137. The Labute approximate surface area is 116 Å². The second-order valence-corrected chi connectivity index (χ2v) is 5.01. The minimum atomic E-state index is -0.682. The van der Waals surface area contributed by atoms with Gasteiger partial charge in [-0.3, -0.25) is 4.79 Å². The van der Waals surface area contributed by atoms with Crippen LogP contribution in [0.15, 0.2) is 4.99 Å². The Morgan fingerprint density at radius 1 is 0.789 bits per heavy atom. The number of carboxylic acid groups (broad SMARTS) is 1. The second kappa shape index (κ2) is 14.9. The number of rotatable bonds is 14. The highest BCUT2D eigenvalue weighted by molar-refractivity contribution is 5.66. The highest BCUT2D eigenvalue weighted by Gasteiger charge is 1.96. The molecule has 0 spiro atoms. The molecule has 4 nitrogen and oxygen atoms in total. The van der Waals surface area contributed by atoms with E-state index in [1.54, 1.807) is 6.08 Å². The molecule has 0 radical (unpaired) electrons. The van der Waals surface area contributed by atoms with Gasteiger partial charge in [-0.25, -0.2) is 9.79 Å². The Balaban J connectivity index is 2.99. The summed E-state index contributed by atoms with van der Waals surface area (Å²) in [6.07, 6.45) is 14.6. The molecule has 0 heterocycles. The van der Waals surface area contributed by atoms with Crippen LogP contribution in [-0.4, -0.2) is 23.7 Å². The van der Waals surface area contributed by atoms with Crippen LogP contribution in [-0.2, 0) is 9.59 Å². The number of carbonyl (C=O) groups is 1. The summed E-state index contributed by atoms with van der Waals surface area (Å²) in [7, 11) is 0. The van der Waals surface area contributed by atoms with Crippen LogP contribution in [0.4, 0.5) is 0 Å². The topological polar surface area (TPSA) is 66.7 Å². The second-order valence-electron chi connectivity index (χ2n) is 5.01. The molecule has 19 heavy (non-hydrogen) atoms. The van der Waals surface area contributed by atoms with E-state index in [9.17, 15) is 9.59 Å². The number of isocyanates is 1. The van der Waals surface area contributed by atoms with E-state index in [-0.39, 0.29) is 0 Å². The van der Waals surface area contributed by atoms with Gasteiger partial charge in [-0.15, -0.1) is 0 Å². The first-order chi connectivity index (χ1) is 9.27. The van der Waals surface area contributed by atoms with Gasteiger partial charge in [0.15, 0.2) is 0 Å². The van der Waals surface area contributed by atoms with Crippen LogP contribution in [0.1, 0.15) is 77.0 Å². The molecule has 0 fully saturated rings. The SMILES string of the molecule is O=C=NCCCCCCCCCCCCCC(=O)O. The summed E-state index contributed by atoms with van der Waals surface area (Å²) in [5.74, 6) is -0.682. The molecular formula is C15H27NO3. The van der Waals surface area contributed by atoms with Crippen molar-refractivity contribution in [2.45, 2.75) is 77.0 Å². The molecule has 4 heteroatoms. The molecule has 0 atom stereocenters. The molecule has 0 aromatic rings. The molecule has 110 valence electrons. The monoisotopic (exact) mass is 269 g/mol. The largest absolute Gasteiger partial charge is 0.481 e. The maximum Gasteiger partial charge on any atom is 0.303 e. The molecule has 0 aromatic carbocycles. The molecule has 0 rings (SSSR count). The highest BCUT2D eigenvalue weighted by Crippen LogP contribution is 2.11. The third-order valence-corrected chi connectivity index (χ3v) is 3.23. The predicted octanol–water partition coefficient (Wildman–Crippen LogP) is 4.09. The van der Waals surface area contributed by atoms with Crippen molar-refractivity contribution in [1.29, 1.82) is 0 Å². The number of carbonyl (C=O) groups excluding carboxylic acids is 1. The Bertz CT molecular complexity index is 248. The van der Waals surface area contributed by atoms with E-state index in [2.05, 4.69) is 4.99 Å². The smallest absolute Gasteiger partial charge is 0.303 e. The summed E-state index contributed by atoms with van der Waals surface area (Å²) in [5.41, 5.74) is 0. The van der Waals surface area contributed by atoms with Crippen LogP contribution in [0.3, 0.4) is 0 Å². The van der Waals surface area contributed by atoms with Crippen molar-refractivity contribution in [3.8, 4) is 0 Å². The lowest BCUT2D eigenvalue weighted by atomic mass is 10.1. The molecule has 1 N–H and O–H groups in total. The number of aliphatic imine (C=N–C) groups is 1. The minimum Gasteiger partial charge on any atom is -0.481 e. The van der Waals surface area contributed by atoms with E-state index in [0.29, 0.717) is 13.0 Å². The van der Waals surface area contributed by atoms with Crippen LogP contribution < -0.4 is 0 Å². The lowest BCUT2D eigenvalue weighted by Crippen LogP contribution is -1.93. The summed E-state index contributed by atoms with van der Waals surface area (Å²) in [5, 5.41) is 8.48. The standard InChI is InChI=1S/C15H27NO3/c17-14-16-13-11-9-7-5-3-1-2-4-6-8-10-12-15(18)19/h1-13H2,(H,18,19). The maximum atomic E-state index is 10.3. The fourth-order valence-corrected chi connectivity index (χ4v) is 2.10. The van der Waals surface area contributed by atoms with Gasteiger partial charge >= 0.3 is 5.97 Å². The van der Waals surface area contributed by atoms with Gasteiger partial charge < -0.3 is 5.11 Å². The van der Waals surface area contributed by atoms with Gasteiger partial charge in [-0.05, 0) is 12.8 Å². The van der Waals surface area contributed by atoms with Crippen molar-refractivity contribution >= 4 is 12.0 Å². The summed E-state index contributed by atoms with van der Waals surface area (Å²) in [6, 6.07) is 0. The molecule has 0 amide bonds. The fourth-order valence-electron chi connectivity index (χ4n) is 2.10. The van der Waals surface area contributed by atoms with Crippen LogP contribution >= 0.6 is 0 Å². The molecule has 0 saturated heterocycles. The molecule has 0 aliphatic rings. The average molecular weight is 269 g/mol. The van der Waals surface area contributed by atoms with Crippen LogP contribution in [0.2, 0.25) is 0 Å². The van der Waals surface area contributed by atoms with Crippen molar-refractivity contribution in [3.63, 3.8) is 0 Å². The van der Waals surface area contributed by atoms with Crippen LogP contribution in [0.5, 0.6) is 0 Å². The van der Waals surface area contributed by atoms with E-state index in [1.807, 2.05) is 0 Å². The Kier molecular flexibility index (Phi) is 14.0. The third kappa shape index (κ3) is 16.9. The molecule has 0 unspecified atom stereocenters. The normalized spacial score (nSPS) is 10.1. The molecule has 0 bridgehead atoms. The van der Waals surface area contributed by atoms with Gasteiger partial charge in [-0.1, -0.05) is 57.8 Å². The van der Waals surface area contributed by atoms with Crippen LogP contribution in [0, 0.1) is 0 Å². The molecule has 0 aromatic heterocycles. The quantitative estimate of drug-likeness (QED) is 0.293. The van der Waals surface area contributed by atoms with Crippen molar-refractivity contribution in [2.75, 3.05) is 6.54 Å². The summed E-state index contributed by atoms with van der Waals surface area (Å²) < 4.78 is 0. The van der Waals surface area contributed by atoms with E-state index in [4.69, 9.17) is 5.11 Å². The first-order valence-electron chi connectivity index (χ1n) is 7.53. The van der Waals surface area contributed by atoms with Gasteiger partial charge in [0.2, 0.25) is 6.08 Å². The fraction of sp³-hybridized carbons (Fsp3) is 0.867. The van der Waals surface area contributed by atoms with Gasteiger partial charge in [0.25, 0.3) is 0 Å². The van der Waals surface area contributed by atoms with Crippen molar-refractivity contribution in [1.82, 2.24) is 0 Å². The molecule has 0 saturated carbocycles. The number of hydrogen-bond acceptors (Lipinski definition) is 3. The number of unbranched alkanes of at least 4 members (excludes halogenated alkanes) is 10. The maximum absolute atomic E-state index is 10.3. The third-order valence-electron chi connectivity index (χ3n) is 3.23. The number of aliphatic carboxylic acids is 1. The lowest BCUT2D eigenvalue weighted by Gasteiger charge is -2.02. The van der Waals surface area contributed by atoms with Gasteiger partial charge in [-0.2, -0.15) is 0 Å². The van der Waals surface area contributed by atoms with Crippen molar-refractivity contribution in [2.24, 2.45) is 4.99 Å². The zero-order valence-electron chi connectivity index (χ0n) is 11.9. The van der Waals surface area contributed by atoms with E-state index in [1.165, 1.54) is 38.5 Å². The Morgan fingerprint density at radius 3 is 1.63 bits per heavy atom. The first-order valence-corrected chi connectivity index (χ1v) is 7.53. The predicted molar refractivity (Wildman–Crippen MR) is 76.0 cm³/mol. The molecule has 0 aliphatic carbocycles. The van der Waals surface area contributed by atoms with E-state index in [0.717, 1.165) is 32.1 Å². The summed E-state index contributed by atoms with van der Waals surface area (Å²) in [4.78, 5) is 23.6. The Morgan fingerprint density at radius 2 is 1.21 bits per heavy atom. The summed E-state index contributed by atoms with van der Waals surface area (Å²) in [6.45, 7) is 0.625. The summed E-state index contributed by atoms with van der Waals surface area (Å²) >= 11 is 0. The molecular weight excluding hydrogens is 242 g/mol. The van der Waals surface area contributed by atoms with Gasteiger partial charge in [0, 0.05) is 6.42 Å². The number of carboxylic acids is 1. The minimum absolute atomic E-state index is 0.314. The van der Waals surface area contributed by atoms with Crippen molar-refractivity contribution in [3.05, 3.63) is 0 Å². The molecule has 0 aliphatic heterocycles. The highest BCUT2D eigenvalue weighted by atomic mass is 16.4. The van der Waals surface area contributed by atoms with Crippen LogP contribution in [0.25, 0.3) is 0 Å². The zero-order valence-corrected chi connectivity index (χ0v) is 11.9. The first kappa shape index (κ1) is 17.8. The zero-order chi connectivity index (χ0) is 14.2. The van der Waals surface area contributed by atoms with E-state index >= 15 is 0 Å². The van der Waals surface area contributed by atoms with Gasteiger partial charge in [0.05, 0.1) is 6.54 Å². The van der Waals surface area contributed by atoms with Crippen molar-refractivity contribution < 1.29 is 14.7 Å². The number of hydrogen-bond donors (Lipinski definition) is 1. The van der Waals surface area contributed by atoms with E-state index < -0.39 is 5.97 Å². The van der Waals surface area contributed by atoms with Gasteiger partial charge in [0.1, 0.15) is 0 Å². The Hall–Kier alpha value is -1.15.